The Balaban J connectivity index is 1.13. The summed E-state index contributed by atoms with van der Waals surface area (Å²) in [7, 11) is 5.23. The van der Waals surface area contributed by atoms with Crippen molar-refractivity contribution < 1.29 is 34.3 Å². The molecule has 1 heterocycles. The van der Waals surface area contributed by atoms with E-state index in [-0.39, 0.29) is 46.6 Å². The number of likely N-dealkylation sites (N-methyl/N-ethyl adjacent to an activating group) is 1. The molecule has 9 rings (SSSR count). The molecular weight excluding hydrogens is 853 g/mol. The summed E-state index contributed by atoms with van der Waals surface area (Å²) >= 11 is 0. The number of guanidine groups is 1. The number of aliphatic imine (C=N–C) groups is 1. The number of ketones is 1. The van der Waals surface area contributed by atoms with Crippen LogP contribution in [0.1, 0.15) is 140 Å². The second-order valence-electron chi connectivity index (χ2n) is 21.9. The molecule has 2 bridgehead atoms. The standard InChI is InChI=1S/C57H78N4O7/c1-5-37-17-19-40-31-42-13-10-25-57(42)43-32-47(53(65)50(33-43)68-55(36-58-2)26-23-39(34-55)30-52(64)67-44-15-7-6-8-16-44)61-54(59-3)60-27-11-14-41-12-9-24-56(41,51(63)22-20-46(57)45(40)28-37)35-38-18-21-48(62)49(29-38)66-4/h17-22,29,32-33,37,39-42,44-46,52,58,62,64-65H,5-10,12-16,23-26,28,30-31,34-36H2,1-4H3,(H2,59,60,61)/b22-20+/t37-,39+,40-,41+,42+,45-,46-,52-,55-,56+,57+/m1/s1. The van der Waals surface area contributed by atoms with Crippen LogP contribution >= 0.6 is 0 Å². The first kappa shape index (κ1) is 48.5. The number of aromatic hydroxyl groups is 2. The summed E-state index contributed by atoms with van der Waals surface area (Å²) in [5, 5.41) is 44.2. The zero-order chi connectivity index (χ0) is 47.5. The van der Waals surface area contributed by atoms with Crippen molar-refractivity contribution in [1.82, 2.24) is 10.6 Å². The summed E-state index contributed by atoms with van der Waals surface area (Å²) in [4.78, 5) is 20.1. The van der Waals surface area contributed by atoms with Gasteiger partial charge in [-0.25, -0.2) is 0 Å². The van der Waals surface area contributed by atoms with Crippen LogP contribution in [0.4, 0.5) is 5.69 Å². The first-order valence-corrected chi connectivity index (χ1v) is 26.3. The summed E-state index contributed by atoms with van der Waals surface area (Å²) in [6, 6.07) is 12.9. The van der Waals surface area contributed by atoms with Gasteiger partial charge >= 0.3 is 0 Å². The van der Waals surface area contributed by atoms with Crippen LogP contribution in [0.2, 0.25) is 0 Å². The molecule has 368 valence electrons. The maximum Gasteiger partial charge on any atom is 0.207 e. The van der Waals surface area contributed by atoms with E-state index in [9.17, 15) is 15.3 Å². The molecule has 0 saturated heterocycles. The minimum Gasteiger partial charge on any atom is -0.504 e. The molecule has 5 fully saturated rings. The lowest BCUT2D eigenvalue weighted by molar-refractivity contribution is -0.152. The van der Waals surface area contributed by atoms with Crippen molar-refractivity contribution in [1.29, 1.82) is 0 Å². The van der Waals surface area contributed by atoms with Crippen LogP contribution in [-0.4, -0.2) is 72.8 Å². The minimum absolute atomic E-state index is 0.0234. The number of phenols is 2. The summed E-state index contributed by atoms with van der Waals surface area (Å²) in [6.45, 7) is 2.88. The van der Waals surface area contributed by atoms with E-state index in [0.29, 0.717) is 72.6 Å². The minimum atomic E-state index is -0.804. The number of phenolic OH excluding ortho intramolecular Hbond substituents is 2. The average molecular weight is 931 g/mol. The number of allylic oxidation sites excluding steroid dienone is 4. The van der Waals surface area contributed by atoms with Crippen LogP contribution in [0.15, 0.2) is 59.6 Å². The molecule has 1 aliphatic heterocycles. The lowest BCUT2D eigenvalue weighted by atomic mass is 9.50. The lowest BCUT2D eigenvalue weighted by Crippen LogP contribution is -2.50. The van der Waals surface area contributed by atoms with E-state index in [1.54, 1.807) is 20.2 Å². The second-order valence-corrected chi connectivity index (χ2v) is 21.9. The van der Waals surface area contributed by atoms with Gasteiger partial charge in [-0.3, -0.25) is 15.1 Å². The number of carbonyl (C=O) groups excluding carboxylic acids is 1. The highest BCUT2D eigenvalue weighted by atomic mass is 16.6. The van der Waals surface area contributed by atoms with Crippen LogP contribution in [-0.2, 0) is 21.4 Å². The van der Waals surface area contributed by atoms with Crippen molar-refractivity contribution >= 4 is 17.4 Å². The van der Waals surface area contributed by atoms with Crippen LogP contribution in [0, 0.1) is 58.8 Å². The predicted octanol–water partition coefficient (Wildman–Crippen LogP) is 10.1. The molecule has 7 aliphatic rings. The molecule has 6 aliphatic carbocycles. The lowest BCUT2D eigenvalue weighted by Gasteiger charge is -2.54. The second kappa shape index (κ2) is 20.8. The molecule has 0 aromatic heterocycles. The molecule has 11 atom stereocenters. The largest absolute Gasteiger partial charge is 0.504 e. The molecule has 68 heavy (non-hydrogen) atoms. The SMILES string of the molecule is CC[C@@H]1C=C[C@@H]2C[C@@H]3CCC[C@@]34c3cc(c(O)c(O[C@]5(CNC)CC[C@@H](C[C@H](O)OC6CCCCC6)C5)c3)NC(=NC)NC#CC[C@@H]3CCC[C@@]3(Cc3ccc(O)c(OC)c3)C(=O)/C=C/[C@@H]4[C@@H]2C1. The normalized spacial score (nSPS) is 35.2. The van der Waals surface area contributed by atoms with E-state index in [2.05, 4.69) is 70.2 Å². The first-order chi connectivity index (χ1) is 33.0. The molecule has 5 saturated carbocycles. The number of aliphatic hydroxyl groups is 1. The number of nitrogens with zero attached hydrogens (tertiary/aromatic N) is 1. The topological polar surface area (TPSA) is 154 Å². The molecule has 0 amide bonds. The van der Waals surface area contributed by atoms with E-state index >= 15 is 4.79 Å². The molecule has 0 unspecified atom stereocenters. The fourth-order valence-corrected chi connectivity index (χ4v) is 14.7. The number of methoxy groups -OCH3 is 1. The number of ether oxygens (including phenoxy) is 3. The summed E-state index contributed by atoms with van der Waals surface area (Å²) in [6.07, 6.45) is 27.2. The molecule has 1 spiro atoms. The number of rotatable bonds is 12. The van der Waals surface area contributed by atoms with Gasteiger partial charge in [-0.2, -0.15) is 0 Å². The van der Waals surface area contributed by atoms with Gasteiger partial charge in [-0.05, 0) is 173 Å². The quantitative estimate of drug-likeness (QED) is 0.0525. The third-order valence-electron chi connectivity index (χ3n) is 18.1. The number of benzene rings is 2. The zero-order valence-electron chi connectivity index (χ0n) is 41.2. The van der Waals surface area contributed by atoms with Crippen molar-refractivity contribution in [3.8, 4) is 35.0 Å². The van der Waals surface area contributed by atoms with Gasteiger partial charge in [0, 0.05) is 43.3 Å². The number of nitrogens with one attached hydrogen (secondary N) is 3. The van der Waals surface area contributed by atoms with Crippen LogP contribution in [0.5, 0.6) is 23.0 Å². The Hall–Kier alpha value is -4.50. The number of hydrogen-bond acceptors (Lipinski definition) is 9. The number of aliphatic hydroxyl groups excluding tert-OH is 1. The Kier molecular flexibility index (Phi) is 14.9. The number of carbonyl (C=O) groups is 1. The van der Waals surface area contributed by atoms with Gasteiger partial charge in [-0.15, -0.1) is 0 Å². The van der Waals surface area contributed by atoms with Gasteiger partial charge in [0.25, 0.3) is 0 Å². The maximum atomic E-state index is 15.5. The monoisotopic (exact) mass is 931 g/mol. The zero-order valence-corrected chi connectivity index (χ0v) is 41.2. The van der Waals surface area contributed by atoms with Crippen LogP contribution in [0.3, 0.4) is 0 Å². The van der Waals surface area contributed by atoms with E-state index in [4.69, 9.17) is 14.2 Å². The predicted molar refractivity (Wildman–Crippen MR) is 268 cm³/mol. The average Bonchev–Trinajstić information content (AvgIpc) is 4.08. The van der Waals surface area contributed by atoms with Crippen molar-refractivity contribution in [3.05, 3.63) is 65.8 Å². The maximum absolute atomic E-state index is 15.5. The molecule has 2 aromatic rings. The van der Waals surface area contributed by atoms with Crippen LogP contribution in [0.25, 0.3) is 0 Å². The molecule has 11 nitrogen and oxygen atoms in total. The van der Waals surface area contributed by atoms with Crippen molar-refractivity contribution in [2.24, 2.45) is 51.8 Å². The number of fused-ring (bicyclic) bond motifs is 5. The smallest absolute Gasteiger partial charge is 0.207 e. The Morgan fingerprint density at radius 1 is 0.941 bits per heavy atom. The van der Waals surface area contributed by atoms with Gasteiger partial charge in [0.1, 0.15) is 5.60 Å². The van der Waals surface area contributed by atoms with Gasteiger partial charge in [0.05, 0.1) is 18.9 Å². The van der Waals surface area contributed by atoms with Gasteiger partial charge in [0.15, 0.2) is 35.1 Å². The Labute approximate surface area is 405 Å². The van der Waals surface area contributed by atoms with E-state index in [0.717, 1.165) is 114 Å². The fraction of sp³-hybridized carbons (Fsp3) is 0.649. The van der Waals surface area contributed by atoms with Gasteiger partial charge in [0.2, 0.25) is 5.96 Å². The summed E-state index contributed by atoms with van der Waals surface area (Å²) < 4.78 is 19.0. The molecule has 6 N–H and O–H groups in total. The highest BCUT2D eigenvalue weighted by molar-refractivity contribution is 5.97. The van der Waals surface area contributed by atoms with Gasteiger partial charge < -0.3 is 40.2 Å². The van der Waals surface area contributed by atoms with E-state index in [1.807, 2.05) is 25.3 Å². The highest BCUT2D eigenvalue weighted by Crippen LogP contribution is 2.64. The molecule has 2 aromatic carbocycles. The van der Waals surface area contributed by atoms with Gasteiger partial charge in [-0.1, -0.05) is 69.2 Å². The molecular formula is C57H78N4O7. The molecule has 11 heteroatoms. The Morgan fingerprint density at radius 3 is 2.56 bits per heavy atom. The van der Waals surface area contributed by atoms with E-state index in [1.165, 1.54) is 6.42 Å². The third kappa shape index (κ3) is 9.68. The van der Waals surface area contributed by atoms with Crippen molar-refractivity contribution in [2.45, 2.75) is 159 Å². The Bertz CT molecular complexity index is 2280. The van der Waals surface area contributed by atoms with Crippen molar-refractivity contribution in [2.75, 3.05) is 33.1 Å². The third-order valence-corrected chi connectivity index (χ3v) is 18.1. The van der Waals surface area contributed by atoms with Crippen molar-refractivity contribution in [3.63, 3.8) is 0 Å². The highest BCUT2D eigenvalue weighted by Gasteiger charge is 2.57. The summed E-state index contributed by atoms with van der Waals surface area (Å²) in [5.41, 5.74) is 0.988. The molecule has 0 radical (unpaired) electrons. The first-order valence-electron chi connectivity index (χ1n) is 26.3. The van der Waals surface area contributed by atoms with E-state index < -0.39 is 17.3 Å². The summed E-state index contributed by atoms with van der Waals surface area (Å²) in [5.74, 6) is 6.77. The fourth-order valence-electron chi connectivity index (χ4n) is 14.7. The number of hydrogen-bond donors (Lipinski definition) is 6. The number of anilines is 1. The Morgan fingerprint density at radius 2 is 1.76 bits per heavy atom. The van der Waals surface area contributed by atoms with Crippen LogP contribution < -0.4 is 25.4 Å².